The molecule has 3 atom stereocenters. The molecule has 0 heterocycles. The molecule has 0 fully saturated rings. The minimum Gasteiger partial charge on any atom is -0.442 e. The largest absolute Gasteiger partial charge is 0.442 e. The molecule has 0 spiro atoms. The molecule has 1 aromatic carbocycles. The number of carbonyl (C=O) groups excluding carboxylic acids is 1. The van der Waals surface area contributed by atoms with Crippen molar-refractivity contribution >= 4 is 11.8 Å². The van der Waals surface area contributed by atoms with Crippen LogP contribution in [0.25, 0.3) is 0 Å². The lowest BCUT2D eigenvalue weighted by Gasteiger charge is -2.26. The summed E-state index contributed by atoms with van der Waals surface area (Å²) >= 11 is 0. The van der Waals surface area contributed by atoms with Crippen molar-refractivity contribution in [1.29, 1.82) is 0 Å². The predicted octanol–water partition coefficient (Wildman–Crippen LogP) is 8.06. The molecule has 0 saturated heterocycles. The highest BCUT2D eigenvalue weighted by atomic mass is 19.4. The number of nitrogens with one attached hydrogen (secondary N) is 1. The van der Waals surface area contributed by atoms with Gasteiger partial charge in [-0.1, -0.05) is 49.3 Å². The summed E-state index contributed by atoms with van der Waals surface area (Å²) in [5, 5.41) is 13.4. The lowest BCUT2D eigenvalue weighted by atomic mass is 9.86. The molecule has 2 rings (SSSR count). The van der Waals surface area contributed by atoms with Gasteiger partial charge in [-0.05, 0) is 82.6 Å². The Morgan fingerprint density at radius 1 is 1.20 bits per heavy atom. The monoisotopic (exact) mass is 493 g/mol. The maximum absolute atomic E-state index is 13.0. The summed E-state index contributed by atoms with van der Waals surface area (Å²) in [6.45, 7) is 10.0. The van der Waals surface area contributed by atoms with Crippen molar-refractivity contribution in [2.24, 2.45) is 11.8 Å². The summed E-state index contributed by atoms with van der Waals surface area (Å²) < 4.78 is 44.5. The Labute approximate surface area is 207 Å². The van der Waals surface area contributed by atoms with Gasteiger partial charge in [0.2, 0.25) is 0 Å². The number of rotatable bonds is 3. The van der Waals surface area contributed by atoms with Crippen molar-refractivity contribution in [2.45, 2.75) is 84.6 Å². The number of ether oxygens (including phenoxy) is 1. The Bertz CT molecular complexity index is 945. The van der Waals surface area contributed by atoms with E-state index >= 15 is 0 Å². The molecule has 194 valence electrons. The fourth-order valence-corrected chi connectivity index (χ4v) is 4.09. The molecule has 1 aliphatic carbocycles. The zero-order valence-electron chi connectivity index (χ0n) is 21.3. The van der Waals surface area contributed by atoms with Gasteiger partial charge in [0.25, 0.3) is 0 Å². The number of benzene rings is 1. The van der Waals surface area contributed by atoms with Crippen molar-refractivity contribution in [1.82, 2.24) is 0 Å². The first-order valence-electron chi connectivity index (χ1n) is 12.1. The number of allylic oxidation sites excluding steroid dienone is 4. The SMILES string of the molecule is CC1=CC(OC(=O)Nc2cccc(C(F)(F)F)c2)CC(C)(O)C=CC(C(C)C)CCC(C)=CCC1. The second-order valence-electron chi connectivity index (χ2n) is 10.1. The molecule has 2 N–H and O–H groups in total. The van der Waals surface area contributed by atoms with E-state index in [0.29, 0.717) is 11.8 Å². The number of carbonyl (C=O) groups is 1. The maximum atomic E-state index is 13.0. The van der Waals surface area contributed by atoms with Crippen molar-refractivity contribution in [2.75, 3.05) is 5.32 Å². The zero-order valence-corrected chi connectivity index (χ0v) is 21.3. The Morgan fingerprint density at radius 2 is 1.91 bits per heavy atom. The average Bonchev–Trinajstić information content (AvgIpc) is 2.71. The third-order valence-corrected chi connectivity index (χ3v) is 6.24. The van der Waals surface area contributed by atoms with Crippen LogP contribution < -0.4 is 5.32 Å². The van der Waals surface area contributed by atoms with Crippen molar-refractivity contribution in [3.63, 3.8) is 0 Å². The first kappa shape index (κ1) is 28.7. The molecule has 7 heteroatoms. The summed E-state index contributed by atoms with van der Waals surface area (Å²) in [5.41, 5.74) is 0.218. The molecule has 1 aliphatic rings. The highest BCUT2D eigenvalue weighted by Crippen LogP contribution is 2.31. The van der Waals surface area contributed by atoms with Crippen LogP contribution in [0.15, 0.2) is 59.7 Å². The van der Waals surface area contributed by atoms with E-state index in [1.165, 1.54) is 17.7 Å². The molecule has 0 saturated carbocycles. The molecule has 1 aromatic rings. The van der Waals surface area contributed by atoms with E-state index in [9.17, 15) is 23.1 Å². The molecule has 1 amide bonds. The second kappa shape index (κ2) is 12.4. The number of aliphatic hydroxyl groups is 1. The Kier molecular flexibility index (Phi) is 10.2. The van der Waals surface area contributed by atoms with Gasteiger partial charge in [0.05, 0.1) is 11.2 Å². The van der Waals surface area contributed by atoms with Crippen LogP contribution in [-0.4, -0.2) is 22.9 Å². The van der Waals surface area contributed by atoms with Crippen LogP contribution in [0.4, 0.5) is 23.7 Å². The molecular weight excluding hydrogens is 455 g/mol. The van der Waals surface area contributed by atoms with E-state index in [4.69, 9.17) is 4.74 Å². The van der Waals surface area contributed by atoms with Gasteiger partial charge in [0.1, 0.15) is 6.10 Å². The topological polar surface area (TPSA) is 58.6 Å². The summed E-state index contributed by atoms with van der Waals surface area (Å²) in [6, 6.07) is 4.38. The van der Waals surface area contributed by atoms with Crippen molar-refractivity contribution < 1.29 is 27.8 Å². The van der Waals surface area contributed by atoms with E-state index in [-0.39, 0.29) is 12.1 Å². The van der Waals surface area contributed by atoms with Gasteiger partial charge in [-0.2, -0.15) is 13.2 Å². The van der Waals surface area contributed by atoms with Gasteiger partial charge in [-0.15, -0.1) is 0 Å². The number of amides is 1. The minimum absolute atomic E-state index is 0.0153. The van der Waals surface area contributed by atoms with E-state index in [2.05, 4.69) is 32.2 Å². The summed E-state index contributed by atoms with van der Waals surface area (Å²) in [4.78, 5) is 12.6. The summed E-state index contributed by atoms with van der Waals surface area (Å²) in [5.74, 6) is 0.712. The number of alkyl halides is 3. The van der Waals surface area contributed by atoms with Gasteiger partial charge >= 0.3 is 12.3 Å². The zero-order chi connectivity index (χ0) is 26.2. The highest BCUT2D eigenvalue weighted by Gasteiger charge is 2.31. The number of hydrogen-bond acceptors (Lipinski definition) is 3. The summed E-state index contributed by atoms with van der Waals surface area (Å²) in [7, 11) is 0. The quantitative estimate of drug-likeness (QED) is 0.419. The fourth-order valence-electron chi connectivity index (χ4n) is 4.09. The van der Waals surface area contributed by atoms with Crippen LogP contribution in [0, 0.1) is 11.8 Å². The van der Waals surface area contributed by atoms with Gasteiger partial charge in [0, 0.05) is 12.1 Å². The van der Waals surface area contributed by atoms with Crippen LogP contribution >= 0.6 is 0 Å². The number of halogens is 3. The van der Waals surface area contributed by atoms with E-state index < -0.39 is 29.5 Å². The molecule has 0 aliphatic heterocycles. The molecule has 3 unspecified atom stereocenters. The third-order valence-electron chi connectivity index (χ3n) is 6.24. The number of anilines is 1. The molecular formula is C28H38F3NO3. The maximum Gasteiger partial charge on any atom is 0.416 e. The smallest absolute Gasteiger partial charge is 0.416 e. The first-order valence-corrected chi connectivity index (χ1v) is 12.1. The summed E-state index contributed by atoms with van der Waals surface area (Å²) in [6.07, 6.45) is 5.44. The first-order chi connectivity index (χ1) is 16.2. The lowest BCUT2D eigenvalue weighted by molar-refractivity contribution is -0.137. The predicted molar refractivity (Wildman–Crippen MR) is 134 cm³/mol. The fraction of sp³-hybridized carbons (Fsp3) is 0.536. The molecule has 4 nitrogen and oxygen atoms in total. The van der Waals surface area contributed by atoms with Crippen LogP contribution in [0.2, 0.25) is 0 Å². The van der Waals surface area contributed by atoms with Gasteiger partial charge in [-0.3, -0.25) is 5.32 Å². The van der Waals surface area contributed by atoms with E-state index in [1.807, 2.05) is 19.1 Å². The normalized spacial score (nSPS) is 24.9. The minimum atomic E-state index is -4.52. The molecule has 0 aromatic heterocycles. The van der Waals surface area contributed by atoms with E-state index in [1.54, 1.807) is 13.0 Å². The lowest BCUT2D eigenvalue weighted by Crippen LogP contribution is -2.31. The van der Waals surface area contributed by atoms with Gasteiger partial charge in [0.15, 0.2) is 0 Å². The van der Waals surface area contributed by atoms with Crippen LogP contribution in [-0.2, 0) is 10.9 Å². The van der Waals surface area contributed by atoms with Crippen molar-refractivity contribution in [3.8, 4) is 0 Å². The Morgan fingerprint density at radius 3 is 2.57 bits per heavy atom. The Hall–Kier alpha value is -2.54. The van der Waals surface area contributed by atoms with Gasteiger partial charge < -0.3 is 9.84 Å². The van der Waals surface area contributed by atoms with Crippen LogP contribution in [0.3, 0.4) is 0 Å². The van der Waals surface area contributed by atoms with Crippen LogP contribution in [0.5, 0.6) is 0 Å². The Balaban J connectivity index is 2.24. The third kappa shape index (κ3) is 10.3. The standard InChI is InChI=1S/C28H38F3NO3/c1-19(2)22-13-12-20(3)8-6-9-21(4)16-25(18-27(5,34)15-14-22)35-26(33)32-24-11-7-10-23(17-24)28(29,30)31/h7-8,10-11,14-17,19,22,25,34H,6,9,12-13,18H2,1-5H3,(H,32,33). The van der Waals surface area contributed by atoms with Crippen molar-refractivity contribution in [3.05, 3.63) is 65.3 Å². The average molecular weight is 494 g/mol. The second-order valence-corrected chi connectivity index (χ2v) is 10.1. The van der Waals surface area contributed by atoms with E-state index in [0.717, 1.165) is 43.4 Å². The molecule has 35 heavy (non-hydrogen) atoms. The highest BCUT2D eigenvalue weighted by molar-refractivity contribution is 5.84. The molecule has 0 bridgehead atoms. The van der Waals surface area contributed by atoms with Gasteiger partial charge in [-0.25, -0.2) is 4.79 Å². The number of hydrogen-bond donors (Lipinski definition) is 2. The van der Waals surface area contributed by atoms with Crippen LogP contribution in [0.1, 0.15) is 72.3 Å². The molecule has 0 radical (unpaired) electrons.